The molecule has 1 fully saturated rings. The smallest absolute Gasteiger partial charge is 0.247 e. The highest BCUT2D eigenvalue weighted by atomic mass is 19.1. The molecule has 0 saturated heterocycles. The van der Waals surface area contributed by atoms with Gasteiger partial charge >= 0.3 is 0 Å². The molecule has 1 aromatic heterocycles. The van der Waals surface area contributed by atoms with Crippen molar-refractivity contribution >= 4 is 29.3 Å². The van der Waals surface area contributed by atoms with Crippen molar-refractivity contribution in [2.45, 2.75) is 31.7 Å². The van der Waals surface area contributed by atoms with Crippen LogP contribution in [0.5, 0.6) is 11.5 Å². The lowest BCUT2D eigenvalue weighted by Crippen LogP contribution is -2.45. The summed E-state index contributed by atoms with van der Waals surface area (Å²) in [6, 6.07) is 2.91. The first-order chi connectivity index (χ1) is 17.2. The number of anilines is 1. The Kier molecular flexibility index (Phi) is 6.62. The predicted octanol–water partition coefficient (Wildman–Crippen LogP) is 3.69. The second-order valence-electron chi connectivity index (χ2n) is 8.58. The summed E-state index contributed by atoms with van der Waals surface area (Å²) in [5, 5.41) is 2.70. The lowest BCUT2D eigenvalue weighted by Gasteiger charge is -2.35. The van der Waals surface area contributed by atoms with E-state index in [0.717, 1.165) is 22.6 Å². The van der Waals surface area contributed by atoms with E-state index in [4.69, 9.17) is 9.47 Å². The Labute approximate surface area is 207 Å². The third-order valence-electron chi connectivity index (χ3n) is 6.55. The van der Waals surface area contributed by atoms with E-state index < -0.39 is 34.6 Å². The molecule has 0 atom stereocenters. The number of carbonyl (C=O) groups excluding carboxylic acids is 2. The molecule has 8 nitrogen and oxygen atoms in total. The molecule has 1 N–H and O–H groups in total. The molecule has 1 aromatic carbocycles. The number of hydrogen-bond acceptors (Lipinski definition) is 6. The quantitative estimate of drug-likeness (QED) is 0.466. The molecule has 2 amide bonds. The maximum absolute atomic E-state index is 15.2. The van der Waals surface area contributed by atoms with Gasteiger partial charge in [-0.3, -0.25) is 19.6 Å². The van der Waals surface area contributed by atoms with Crippen LogP contribution in [0.4, 0.5) is 14.5 Å². The molecule has 36 heavy (non-hydrogen) atoms. The van der Waals surface area contributed by atoms with Crippen LogP contribution in [0.2, 0.25) is 0 Å². The second-order valence-corrected chi connectivity index (χ2v) is 8.58. The van der Waals surface area contributed by atoms with Gasteiger partial charge in [-0.05, 0) is 48.6 Å². The standard InChI is InChI=1S/C26H26F2N4O4/c1-6-21(33)31-18(12-29-3)14(2)17-9-16-15(11-30-17)13-32(25(34)26(16)7-8-26)24-22(27)19(35-4)10-20(36-5)23(24)28/h6,9-12H,1,7-8,13H2,2-5H3,(H,31,33)/b18-14-,29-12?. The maximum atomic E-state index is 15.2. The molecule has 10 heteroatoms. The van der Waals surface area contributed by atoms with Gasteiger partial charge in [0.2, 0.25) is 11.8 Å². The number of allylic oxidation sites excluding steroid dienone is 2. The number of ether oxygens (including phenoxy) is 2. The maximum Gasteiger partial charge on any atom is 0.247 e. The number of aromatic nitrogens is 1. The van der Waals surface area contributed by atoms with Gasteiger partial charge in [0.15, 0.2) is 23.1 Å². The normalized spacial score (nSPS) is 16.5. The fraction of sp³-hybridized carbons (Fsp3) is 0.308. The topological polar surface area (TPSA) is 93.1 Å². The minimum Gasteiger partial charge on any atom is -0.493 e. The zero-order chi connectivity index (χ0) is 26.2. The van der Waals surface area contributed by atoms with Crippen LogP contribution in [-0.2, 0) is 21.5 Å². The first-order valence-corrected chi connectivity index (χ1v) is 11.2. The summed E-state index contributed by atoms with van der Waals surface area (Å²) >= 11 is 0. The zero-order valence-corrected chi connectivity index (χ0v) is 20.4. The molecular weight excluding hydrogens is 470 g/mol. The highest BCUT2D eigenvalue weighted by Crippen LogP contribution is 2.55. The van der Waals surface area contributed by atoms with E-state index in [2.05, 4.69) is 21.9 Å². The number of halogens is 2. The van der Waals surface area contributed by atoms with Crippen LogP contribution in [0.25, 0.3) is 5.57 Å². The Balaban J connectivity index is 1.81. The lowest BCUT2D eigenvalue weighted by atomic mass is 9.85. The molecule has 2 aliphatic rings. The van der Waals surface area contributed by atoms with Gasteiger partial charge in [-0.15, -0.1) is 0 Å². The van der Waals surface area contributed by atoms with Crippen molar-refractivity contribution < 1.29 is 27.8 Å². The number of nitrogens with zero attached hydrogens (tertiary/aromatic N) is 3. The summed E-state index contributed by atoms with van der Waals surface area (Å²) in [5.41, 5.74) is 1.62. The number of fused-ring (bicyclic) bond motifs is 2. The molecular formula is C26H26F2N4O4. The van der Waals surface area contributed by atoms with Crippen molar-refractivity contribution in [2.75, 3.05) is 26.2 Å². The van der Waals surface area contributed by atoms with E-state index >= 15 is 8.78 Å². The molecule has 1 saturated carbocycles. The number of nitrogens with one attached hydrogen (secondary N) is 1. The SMILES string of the molecule is C=CC(=O)N/C(C=NC)=C(/C)c1cc2c(cn1)CN(c1c(F)c(OC)cc(OC)c1F)C(=O)C21CC1. The van der Waals surface area contributed by atoms with Crippen LogP contribution in [0, 0.1) is 11.6 Å². The van der Waals surface area contributed by atoms with Gasteiger partial charge in [0, 0.05) is 25.5 Å². The average Bonchev–Trinajstić information content (AvgIpc) is 3.68. The molecule has 188 valence electrons. The molecule has 2 heterocycles. The van der Waals surface area contributed by atoms with Crippen molar-refractivity contribution in [1.82, 2.24) is 10.3 Å². The number of methoxy groups -OCH3 is 2. The van der Waals surface area contributed by atoms with Crippen LogP contribution in [0.1, 0.15) is 36.6 Å². The fourth-order valence-corrected chi connectivity index (χ4v) is 4.45. The number of hydrogen-bond donors (Lipinski definition) is 1. The van der Waals surface area contributed by atoms with Gasteiger partial charge in [0.05, 0.1) is 37.6 Å². The van der Waals surface area contributed by atoms with Gasteiger partial charge in [-0.2, -0.15) is 0 Å². The van der Waals surface area contributed by atoms with Gasteiger partial charge in [-0.1, -0.05) is 6.58 Å². The predicted molar refractivity (Wildman–Crippen MR) is 131 cm³/mol. The summed E-state index contributed by atoms with van der Waals surface area (Å²) in [6.45, 7) is 5.16. The third kappa shape index (κ3) is 4.02. The molecule has 1 aliphatic carbocycles. The van der Waals surface area contributed by atoms with E-state index in [1.807, 2.05) is 0 Å². The lowest BCUT2D eigenvalue weighted by molar-refractivity contribution is -0.121. The van der Waals surface area contributed by atoms with Crippen LogP contribution < -0.4 is 19.7 Å². The van der Waals surface area contributed by atoms with Gasteiger partial charge < -0.3 is 19.7 Å². The molecule has 4 rings (SSSR count). The summed E-state index contributed by atoms with van der Waals surface area (Å²) in [7, 11) is 4.09. The minimum absolute atomic E-state index is 0.0768. The van der Waals surface area contributed by atoms with Crippen LogP contribution in [0.3, 0.4) is 0 Å². The number of pyridine rings is 1. The Morgan fingerprint density at radius 3 is 2.39 bits per heavy atom. The zero-order valence-electron chi connectivity index (χ0n) is 20.4. The Hall–Kier alpha value is -4.08. The van der Waals surface area contributed by atoms with Crippen molar-refractivity contribution in [3.63, 3.8) is 0 Å². The Morgan fingerprint density at radius 2 is 1.86 bits per heavy atom. The van der Waals surface area contributed by atoms with Crippen LogP contribution in [-0.4, -0.2) is 44.3 Å². The summed E-state index contributed by atoms with van der Waals surface area (Å²) in [6.07, 6.45) is 5.30. The largest absolute Gasteiger partial charge is 0.493 e. The first-order valence-electron chi connectivity index (χ1n) is 11.2. The number of carbonyl (C=O) groups is 2. The van der Waals surface area contributed by atoms with E-state index in [1.54, 1.807) is 26.2 Å². The third-order valence-corrected chi connectivity index (χ3v) is 6.55. The number of aliphatic imine (C=N–C) groups is 1. The van der Waals surface area contributed by atoms with Crippen molar-refractivity contribution in [1.29, 1.82) is 0 Å². The monoisotopic (exact) mass is 496 g/mol. The summed E-state index contributed by atoms with van der Waals surface area (Å²) in [4.78, 5) is 35.1. The van der Waals surface area contributed by atoms with Gasteiger partial charge in [0.25, 0.3) is 0 Å². The average molecular weight is 497 g/mol. The van der Waals surface area contributed by atoms with Crippen molar-refractivity contribution in [2.24, 2.45) is 4.99 Å². The van der Waals surface area contributed by atoms with Crippen LogP contribution >= 0.6 is 0 Å². The molecule has 0 unspecified atom stereocenters. The molecule has 0 bridgehead atoms. The number of amides is 2. The van der Waals surface area contributed by atoms with Crippen molar-refractivity contribution in [3.8, 4) is 11.5 Å². The summed E-state index contributed by atoms with van der Waals surface area (Å²) in [5.74, 6) is -3.22. The number of rotatable bonds is 7. The Bertz CT molecular complexity index is 1300. The Morgan fingerprint density at radius 1 is 1.22 bits per heavy atom. The highest BCUT2D eigenvalue weighted by molar-refractivity contribution is 6.06. The molecule has 1 spiro atoms. The fourth-order valence-electron chi connectivity index (χ4n) is 4.45. The molecule has 0 radical (unpaired) electrons. The first kappa shape index (κ1) is 25.0. The minimum atomic E-state index is -0.979. The second kappa shape index (κ2) is 9.52. The highest BCUT2D eigenvalue weighted by Gasteiger charge is 2.57. The van der Waals surface area contributed by atoms with Crippen molar-refractivity contribution in [3.05, 3.63) is 65.1 Å². The molecule has 2 aromatic rings. The summed E-state index contributed by atoms with van der Waals surface area (Å²) < 4.78 is 40.5. The van der Waals surface area contributed by atoms with E-state index in [9.17, 15) is 9.59 Å². The number of benzene rings is 1. The van der Waals surface area contributed by atoms with Gasteiger partial charge in [-0.25, -0.2) is 8.78 Å². The van der Waals surface area contributed by atoms with Gasteiger partial charge in [0.1, 0.15) is 5.69 Å². The molecule has 1 aliphatic heterocycles. The van der Waals surface area contributed by atoms with Crippen LogP contribution in [0.15, 0.2) is 41.7 Å². The van der Waals surface area contributed by atoms with E-state index in [1.165, 1.54) is 20.4 Å². The van der Waals surface area contributed by atoms with E-state index in [0.29, 0.717) is 35.4 Å². The van der Waals surface area contributed by atoms with E-state index in [-0.39, 0.29) is 18.0 Å².